The van der Waals surface area contributed by atoms with Gasteiger partial charge in [-0.2, -0.15) is 0 Å². The summed E-state index contributed by atoms with van der Waals surface area (Å²) in [5.41, 5.74) is 5.65. The Bertz CT molecular complexity index is 247. The van der Waals surface area contributed by atoms with Gasteiger partial charge in [-0.15, -0.1) is 0 Å². The summed E-state index contributed by atoms with van der Waals surface area (Å²) in [7, 11) is 2.10. The number of piperazine rings is 1. The van der Waals surface area contributed by atoms with Crippen molar-refractivity contribution in [3.8, 4) is 0 Å². The van der Waals surface area contributed by atoms with Gasteiger partial charge in [-0.05, 0) is 34.2 Å². The zero-order valence-corrected chi connectivity index (χ0v) is 11.0. The largest absolute Gasteiger partial charge is 0.337 e. The van der Waals surface area contributed by atoms with Gasteiger partial charge in [-0.3, -0.25) is 4.79 Å². The van der Waals surface area contributed by atoms with Gasteiger partial charge in [0.15, 0.2) is 0 Å². The van der Waals surface area contributed by atoms with Gasteiger partial charge < -0.3 is 15.5 Å². The fraction of sp³-hybridized carbons (Fsp3) is 0.917. The van der Waals surface area contributed by atoms with Crippen molar-refractivity contribution in [2.45, 2.75) is 45.2 Å². The molecule has 16 heavy (non-hydrogen) atoms. The van der Waals surface area contributed by atoms with E-state index in [1.54, 1.807) is 0 Å². The highest BCUT2D eigenvalue weighted by molar-refractivity contribution is 5.76. The molecule has 1 amide bonds. The van der Waals surface area contributed by atoms with Crippen molar-refractivity contribution < 1.29 is 4.79 Å². The van der Waals surface area contributed by atoms with Crippen molar-refractivity contribution in [1.29, 1.82) is 0 Å². The Morgan fingerprint density at radius 1 is 1.44 bits per heavy atom. The van der Waals surface area contributed by atoms with E-state index in [0.717, 1.165) is 26.1 Å². The molecular formula is C12H25N3O. The van der Waals surface area contributed by atoms with Crippen LogP contribution < -0.4 is 5.73 Å². The number of nitrogens with two attached hydrogens (primary N) is 1. The van der Waals surface area contributed by atoms with Crippen molar-refractivity contribution >= 4 is 5.91 Å². The zero-order valence-electron chi connectivity index (χ0n) is 11.0. The highest BCUT2D eigenvalue weighted by Gasteiger charge is 2.26. The third kappa shape index (κ3) is 4.10. The molecule has 1 rings (SSSR count). The van der Waals surface area contributed by atoms with Gasteiger partial charge in [0.1, 0.15) is 0 Å². The van der Waals surface area contributed by atoms with Gasteiger partial charge in [0.05, 0.1) is 0 Å². The first kappa shape index (κ1) is 13.5. The Hall–Kier alpha value is -0.610. The van der Waals surface area contributed by atoms with Crippen LogP contribution >= 0.6 is 0 Å². The lowest BCUT2D eigenvalue weighted by Gasteiger charge is -2.38. The highest BCUT2D eigenvalue weighted by atomic mass is 16.2. The molecule has 0 spiro atoms. The molecule has 4 heteroatoms. The Kier molecular flexibility index (Phi) is 4.33. The van der Waals surface area contributed by atoms with E-state index < -0.39 is 0 Å². The summed E-state index contributed by atoms with van der Waals surface area (Å²) < 4.78 is 0. The van der Waals surface area contributed by atoms with E-state index in [9.17, 15) is 4.79 Å². The van der Waals surface area contributed by atoms with E-state index >= 15 is 0 Å². The predicted molar refractivity (Wildman–Crippen MR) is 66.2 cm³/mol. The molecule has 1 aliphatic rings. The van der Waals surface area contributed by atoms with Crippen molar-refractivity contribution in [3.05, 3.63) is 0 Å². The van der Waals surface area contributed by atoms with Crippen molar-refractivity contribution in [1.82, 2.24) is 9.80 Å². The molecule has 1 fully saturated rings. The topological polar surface area (TPSA) is 49.6 Å². The summed E-state index contributed by atoms with van der Waals surface area (Å²) in [6, 6.07) is 0.326. The van der Waals surface area contributed by atoms with E-state index in [0.29, 0.717) is 12.5 Å². The summed E-state index contributed by atoms with van der Waals surface area (Å²) in [6.07, 6.45) is 1.32. The zero-order chi connectivity index (χ0) is 12.3. The normalized spacial score (nSPS) is 23.6. The molecule has 0 aliphatic carbocycles. The van der Waals surface area contributed by atoms with Crippen LogP contribution in [0, 0.1) is 0 Å². The van der Waals surface area contributed by atoms with Crippen LogP contribution in [0.4, 0.5) is 0 Å². The standard InChI is InChI=1S/C12H25N3O/c1-10-9-14(4)7-8-15(10)11(16)5-6-12(2,3)13/h10H,5-9,13H2,1-4H3. The highest BCUT2D eigenvalue weighted by Crippen LogP contribution is 2.13. The monoisotopic (exact) mass is 227 g/mol. The average molecular weight is 227 g/mol. The fourth-order valence-corrected chi connectivity index (χ4v) is 2.08. The maximum absolute atomic E-state index is 12.0. The fourth-order valence-electron chi connectivity index (χ4n) is 2.08. The molecule has 1 saturated heterocycles. The number of hydrogen-bond acceptors (Lipinski definition) is 3. The molecule has 0 saturated carbocycles. The summed E-state index contributed by atoms with van der Waals surface area (Å²) >= 11 is 0. The summed E-state index contributed by atoms with van der Waals surface area (Å²) in [5.74, 6) is 0.249. The average Bonchev–Trinajstić information content (AvgIpc) is 2.13. The number of carbonyl (C=O) groups is 1. The van der Waals surface area contributed by atoms with Crippen LogP contribution in [0.3, 0.4) is 0 Å². The quantitative estimate of drug-likeness (QED) is 0.771. The molecule has 0 aromatic carbocycles. The first-order chi connectivity index (χ1) is 7.29. The van der Waals surface area contributed by atoms with Crippen LogP contribution in [-0.4, -0.2) is 54.0 Å². The maximum atomic E-state index is 12.0. The minimum absolute atomic E-state index is 0.245. The van der Waals surface area contributed by atoms with E-state index in [4.69, 9.17) is 5.73 Å². The second-order valence-corrected chi connectivity index (χ2v) is 5.69. The van der Waals surface area contributed by atoms with E-state index in [1.165, 1.54) is 0 Å². The maximum Gasteiger partial charge on any atom is 0.222 e. The number of amides is 1. The third-order valence-corrected chi connectivity index (χ3v) is 3.13. The van der Waals surface area contributed by atoms with Gasteiger partial charge in [0.2, 0.25) is 5.91 Å². The van der Waals surface area contributed by atoms with Crippen LogP contribution in [0.5, 0.6) is 0 Å². The molecular weight excluding hydrogens is 202 g/mol. The third-order valence-electron chi connectivity index (χ3n) is 3.13. The SMILES string of the molecule is CC1CN(C)CCN1C(=O)CCC(C)(C)N. The minimum atomic E-state index is -0.245. The summed E-state index contributed by atoms with van der Waals surface area (Å²) in [5, 5.41) is 0. The van der Waals surface area contributed by atoms with E-state index in [-0.39, 0.29) is 11.4 Å². The van der Waals surface area contributed by atoms with Crippen molar-refractivity contribution in [2.24, 2.45) is 5.73 Å². The van der Waals surface area contributed by atoms with E-state index in [1.807, 2.05) is 18.7 Å². The Morgan fingerprint density at radius 3 is 2.56 bits per heavy atom. The Labute approximate surface area is 98.8 Å². The summed E-state index contributed by atoms with van der Waals surface area (Å²) in [4.78, 5) is 16.3. The molecule has 0 radical (unpaired) electrons. The van der Waals surface area contributed by atoms with Gasteiger partial charge >= 0.3 is 0 Å². The lowest BCUT2D eigenvalue weighted by atomic mass is 9.99. The van der Waals surface area contributed by atoms with Gasteiger partial charge in [0.25, 0.3) is 0 Å². The van der Waals surface area contributed by atoms with Crippen molar-refractivity contribution in [2.75, 3.05) is 26.7 Å². The minimum Gasteiger partial charge on any atom is -0.337 e. The number of likely N-dealkylation sites (N-methyl/N-ethyl adjacent to an activating group) is 1. The first-order valence-electron chi connectivity index (χ1n) is 6.06. The number of hydrogen-bond donors (Lipinski definition) is 1. The molecule has 0 bridgehead atoms. The van der Waals surface area contributed by atoms with Crippen LogP contribution in [0.1, 0.15) is 33.6 Å². The molecule has 1 heterocycles. The molecule has 94 valence electrons. The molecule has 1 atom stereocenters. The lowest BCUT2D eigenvalue weighted by molar-refractivity contribution is -0.135. The molecule has 2 N–H and O–H groups in total. The number of nitrogens with zero attached hydrogens (tertiary/aromatic N) is 2. The smallest absolute Gasteiger partial charge is 0.222 e. The molecule has 1 unspecified atom stereocenters. The van der Waals surface area contributed by atoms with Gasteiger partial charge in [-0.1, -0.05) is 0 Å². The van der Waals surface area contributed by atoms with Gasteiger partial charge in [0, 0.05) is 37.6 Å². The van der Waals surface area contributed by atoms with Crippen molar-refractivity contribution in [3.63, 3.8) is 0 Å². The molecule has 0 aromatic heterocycles. The second-order valence-electron chi connectivity index (χ2n) is 5.69. The molecule has 0 aromatic rings. The second kappa shape index (κ2) is 5.15. The summed E-state index contributed by atoms with van der Waals surface area (Å²) in [6.45, 7) is 8.84. The molecule has 1 aliphatic heterocycles. The Morgan fingerprint density at radius 2 is 2.06 bits per heavy atom. The van der Waals surface area contributed by atoms with E-state index in [2.05, 4.69) is 18.9 Å². The van der Waals surface area contributed by atoms with Crippen LogP contribution in [0.15, 0.2) is 0 Å². The van der Waals surface area contributed by atoms with Crippen LogP contribution in [0.2, 0.25) is 0 Å². The number of rotatable bonds is 3. The molecule has 4 nitrogen and oxygen atoms in total. The van der Waals surface area contributed by atoms with Crippen LogP contribution in [0.25, 0.3) is 0 Å². The lowest BCUT2D eigenvalue weighted by Crippen LogP contribution is -2.53. The predicted octanol–water partition coefficient (Wildman–Crippen LogP) is 0.666. The van der Waals surface area contributed by atoms with Crippen LogP contribution in [-0.2, 0) is 4.79 Å². The Balaban J connectivity index is 2.42. The number of carbonyl (C=O) groups excluding carboxylic acids is 1. The van der Waals surface area contributed by atoms with Gasteiger partial charge in [-0.25, -0.2) is 0 Å². The first-order valence-corrected chi connectivity index (χ1v) is 6.06.